The summed E-state index contributed by atoms with van der Waals surface area (Å²) >= 11 is 9.71. The first-order valence-corrected chi connectivity index (χ1v) is 8.61. The summed E-state index contributed by atoms with van der Waals surface area (Å²) in [5.74, 6) is 0. The number of likely N-dealkylation sites (N-methyl/N-ethyl adjacent to an activating group) is 1. The second-order valence-corrected chi connectivity index (χ2v) is 7.89. The van der Waals surface area contributed by atoms with Gasteiger partial charge in [-0.3, -0.25) is 4.90 Å². The van der Waals surface area contributed by atoms with Crippen LogP contribution in [-0.4, -0.2) is 48.6 Å². The summed E-state index contributed by atoms with van der Waals surface area (Å²) in [4.78, 5) is 4.93. The fourth-order valence-electron chi connectivity index (χ4n) is 2.81. The zero-order valence-corrected chi connectivity index (χ0v) is 15.4. The average molecular weight is 375 g/mol. The highest BCUT2D eigenvalue weighted by Gasteiger charge is 2.30. The molecular weight excluding hydrogens is 350 g/mol. The van der Waals surface area contributed by atoms with Gasteiger partial charge in [0, 0.05) is 47.3 Å². The van der Waals surface area contributed by atoms with Crippen molar-refractivity contribution in [1.29, 1.82) is 0 Å². The Balaban J connectivity index is 1.91. The van der Waals surface area contributed by atoms with Crippen molar-refractivity contribution in [1.82, 2.24) is 9.80 Å². The summed E-state index contributed by atoms with van der Waals surface area (Å²) in [6.07, 6.45) is 0.932. The summed E-state index contributed by atoms with van der Waals surface area (Å²) in [6.45, 7) is 8.92. The van der Waals surface area contributed by atoms with E-state index in [0.29, 0.717) is 0 Å². The molecule has 0 saturated carbocycles. The molecule has 1 atom stereocenters. The lowest BCUT2D eigenvalue weighted by atomic mass is 9.98. The summed E-state index contributed by atoms with van der Waals surface area (Å²) in [7, 11) is 2.20. The van der Waals surface area contributed by atoms with Gasteiger partial charge in [0.1, 0.15) is 0 Å². The van der Waals surface area contributed by atoms with Crippen LogP contribution in [0.15, 0.2) is 22.7 Å². The van der Waals surface area contributed by atoms with Gasteiger partial charge in [-0.25, -0.2) is 0 Å². The monoisotopic (exact) mass is 373 g/mol. The molecule has 1 aromatic rings. The van der Waals surface area contributed by atoms with Crippen molar-refractivity contribution in [3.05, 3.63) is 33.3 Å². The first-order valence-electron chi connectivity index (χ1n) is 7.44. The summed E-state index contributed by atoms with van der Waals surface area (Å²) in [6, 6.07) is 5.93. The zero-order valence-electron chi connectivity index (χ0n) is 13.1. The van der Waals surface area contributed by atoms with Gasteiger partial charge in [-0.1, -0.05) is 33.6 Å². The maximum Gasteiger partial charge on any atom is 0.0464 e. The molecule has 5 heteroatoms. The molecule has 0 amide bonds. The number of hydrogen-bond acceptors (Lipinski definition) is 3. The Bertz CT molecular complexity index is 492. The molecule has 1 aliphatic rings. The molecule has 118 valence electrons. The maximum absolute atomic E-state index is 6.32. The van der Waals surface area contributed by atoms with Gasteiger partial charge < -0.3 is 10.6 Å². The number of benzene rings is 1. The van der Waals surface area contributed by atoms with Gasteiger partial charge in [-0.05, 0) is 45.0 Å². The number of rotatable bonds is 4. The van der Waals surface area contributed by atoms with Crippen molar-refractivity contribution < 1.29 is 0 Å². The average Bonchev–Trinajstić information content (AvgIpc) is 2.39. The summed E-state index contributed by atoms with van der Waals surface area (Å²) < 4.78 is 0.990. The van der Waals surface area contributed by atoms with E-state index in [1.165, 1.54) is 0 Å². The standard InChI is InChI=1S/C16H25BrClN3/c1-16(2)11-21(9-8-20(16)3)7-6-15(19)13-5-4-12(17)10-14(13)18/h4-5,10,15H,6-9,11,19H2,1-3H3. The molecule has 0 spiro atoms. The van der Waals surface area contributed by atoms with Crippen LogP contribution in [0, 0.1) is 0 Å². The summed E-state index contributed by atoms with van der Waals surface area (Å²) in [5.41, 5.74) is 7.59. The first-order chi connectivity index (χ1) is 9.79. The van der Waals surface area contributed by atoms with Crippen LogP contribution in [0.1, 0.15) is 31.9 Å². The minimum absolute atomic E-state index is 0.00614. The van der Waals surface area contributed by atoms with Crippen LogP contribution in [0.5, 0.6) is 0 Å². The fourth-order valence-corrected chi connectivity index (χ4v) is 3.62. The van der Waals surface area contributed by atoms with Crippen LogP contribution in [0.2, 0.25) is 5.02 Å². The first kappa shape index (κ1) is 17.2. The van der Waals surface area contributed by atoms with Crippen molar-refractivity contribution in [2.45, 2.75) is 31.8 Å². The third-order valence-electron chi connectivity index (χ3n) is 4.51. The van der Waals surface area contributed by atoms with E-state index in [2.05, 4.69) is 46.6 Å². The molecule has 1 saturated heterocycles. The molecule has 3 nitrogen and oxygen atoms in total. The van der Waals surface area contributed by atoms with Gasteiger partial charge >= 0.3 is 0 Å². The Labute approximate surface area is 141 Å². The van der Waals surface area contributed by atoms with Crippen LogP contribution in [0.4, 0.5) is 0 Å². The van der Waals surface area contributed by atoms with Crippen LogP contribution in [0.25, 0.3) is 0 Å². The van der Waals surface area contributed by atoms with Crippen molar-refractivity contribution in [2.75, 3.05) is 33.2 Å². The predicted molar refractivity (Wildman–Crippen MR) is 93.8 cm³/mol. The summed E-state index contributed by atoms with van der Waals surface area (Å²) in [5, 5.41) is 0.746. The van der Waals surface area contributed by atoms with E-state index in [0.717, 1.165) is 47.7 Å². The van der Waals surface area contributed by atoms with Gasteiger partial charge in [0.25, 0.3) is 0 Å². The molecule has 2 rings (SSSR count). The van der Waals surface area contributed by atoms with Crippen LogP contribution in [0.3, 0.4) is 0 Å². The Morgan fingerprint density at radius 3 is 2.71 bits per heavy atom. The van der Waals surface area contributed by atoms with Gasteiger partial charge in [-0.15, -0.1) is 0 Å². The smallest absolute Gasteiger partial charge is 0.0464 e. The Hall–Kier alpha value is -0.130. The van der Waals surface area contributed by atoms with E-state index in [1.54, 1.807) is 0 Å². The zero-order chi connectivity index (χ0) is 15.6. The van der Waals surface area contributed by atoms with Gasteiger partial charge in [0.2, 0.25) is 0 Å². The number of hydrogen-bond donors (Lipinski definition) is 1. The van der Waals surface area contributed by atoms with E-state index in [-0.39, 0.29) is 11.6 Å². The Kier molecular flexibility index (Phi) is 5.71. The lowest BCUT2D eigenvalue weighted by molar-refractivity contribution is 0.0387. The van der Waals surface area contributed by atoms with Gasteiger partial charge in [0.05, 0.1) is 0 Å². The fraction of sp³-hybridized carbons (Fsp3) is 0.625. The van der Waals surface area contributed by atoms with Crippen LogP contribution >= 0.6 is 27.5 Å². The molecule has 0 radical (unpaired) electrons. The quantitative estimate of drug-likeness (QED) is 0.875. The van der Waals surface area contributed by atoms with E-state index >= 15 is 0 Å². The normalized spacial score (nSPS) is 21.4. The SMILES string of the molecule is CN1CCN(CCC(N)c2ccc(Br)cc2Cl)CC1(C)C. The highest BCUT2D eigenvalue weighted by molar-refractivity contribution is 9.10. The van der Waals surface area contributed by atoms with Crippen molar-refractivity contribution in [3.8, 4) is 0 Å². The molecule has 1 heterocycles. The van der Waals surface area contributed by atoms with Crippen LogP contribution in [-0.2, 0) is 0 Å². The number of halogens is 2. The highest BCUT2D eigenvalue weighted by atomic mass is 79.9. The molecule has 1 aromatic carbocycles. The predicted octanol–water partition coefficient (Wildman–Crippen LogP) is 3.52. The molecule has 0 bridgehead atoms. The lowest BCUT2D eigenvalue weighted by Crippen LogP contribution is -2.57. The lowest BCUT2D eigenvalue weighted by Gasteiger charge is -2.45. The Morgan fingerprint density at radius 2 is 2.10 bits per heavy atom. The third-order valence-corrected chi connectivity index (χ3v) is 5.33. The second-order valence-electron chi connectivity index (χ2n) is 6.57. The van der Waals surface area contributed by atoms with Crippen molar-refractivity contribution >= 4 is 27.5 Å². The largest absolute Gasteiger partial charge is 0.324 e. The third kappa shape index (κ3) is 4.42. The van der Waals surface area contributed by atoms with Crippen molar-refractivity contribution in [3.63, 3.8) is 0 Å². The maximum atomic E-state index is 6.32. The molecule has 1 aliphatic heterocycles. The van der Waals surface area contributed by atoms with Gasteiger partial charge in [0.15, 0.2) is 0 Å². The number of nitrogens with zero attached hydrogens (tertiary/aromatic N) is 2. The molecule has 0 aliphatic carbocycles. The topological polar surface area (TPSA) is 32.5 Å². The second kappa shape index (κ2) is 6.97. The minimum Gasteiger partial charge on any atom is -0.324 e. The van der Waals surface area contributed by atoms with E-state index < -0.39 is 0 Å². The van der Waals surface area contributed by atoms with E-state index in [1.807, 2.05) is 18.2 Å². The molecule has 21 heavy (non-hydrogen) atoms. The minimum atomic E-state index is -0.00614. The molecule has 0 aromatic heterocycles. The molecular formula is C16H25BrClN3. The van der Waals surface area contributed by atoms with E-state index in [9.17, 15) is 0 Å². The number of piperazine rings is 1. The Morgan fingerprint density at radius 1 is 1.38 bits per heavy atom. The molecule has 2 N–H and O–H groups in total. The highest BCUT2D eigenvalue weighted by Crippen LogP contribution is 2.27. The number of nitrogens with two attached hydrogens (primary N) is 1. The van der Waals surface area contributed by atoms with Gasteiger partial charge in [-0.2, -0.15) is 0 Å². The van der Waals surface area contributed by atoms with Crippen molar-refractivity contribution in [2.24, 2.45) is 5.73 Å². The molecule has 1 fully saturated rings. The van der Waals surface area contributed by atoms with E-state index in [4.69, 9.17) is 17.3 Å². The molecule has 1 unspecified atom stereocenters. The van der Waals surface area contributed by atoms with Crippen LogP contribution < -0.4 is 5.73 Å².